The van der Waals surface area contributed by atoms with E-state index in [2.05, 4.69) is 6.58 Å². The summed E-state index contributed by atoms with van der Waals surface area (Å²) in [6.45, 7) is 3.22. The van der Waals surface area contributed by atoms with E-state index in [1.165, 1.54) is 0 Å². The minimum Gasteiger partial charge on any atom is -0.404 e. The molecule has 92 valence electrons. The fourth-order valence-electron chi connectivity index (χ4n) is 1.81. The van der Waals surface area contributed by atoms with E-state index >= 15 is 0 Å². The Hall–Kier alpha value is -1.71. The molecule has 0 atom stereocenters. The molecule has 0 spiro atoms. The van der Waals surface area contributed by atoms with Gasteiger partial charge < -0.3 is 4.43 Å². The van der Waals surface area contributed by atoms with Gasteiger partial charge >= 0.3 is 0 Å². The molecule has 3 heteroatoms. The van der Waals surface area contributed by atoms with Gasteiger partial charge in [0.2, 0.25) is 9.04 Å². The van der Waals surface area contributed by atoms with E-state index in [1.54, 1.807) is 0 Å². The molecule has 1 nitrogen and oxygen atoms in total. The van der Waals surface area contributed by atoms with Gasteiger partial charge in [-0.15, -0.1) is 0 Å². The molecule has 2 aromatic carbocycles. The van der Waals surface area contributed by atoms with Crippen LogP contribution in [0.4, 0.5) is 4.39 Å². The predicted octanol–water partition coefficient (Wildman–Crippen LogP) is 2.02. The van der Waals surface area contributed by atoms with Crippen LogP contribution < -0.4 is 10.4 Å². The molecule has 0 heterocycles. The second kappa shape index (κ2) is 6.28. The lowest BCUT2D eigenvalue weighted by Gasteiger charge is -2.16. The van der Waals surface area contributed by atoms with Crippen molar-refractivity contribution in [2.75, 3.05) is 6.61 Å². The molecule has 0 aromatic heterocycles. The van der Waals surface area contributed by atoms with Crippen LogP contribution >= 0.6 is 0 Å². The molecule has 0 bridgehead atoms. The van der Waals surface area contributed by atoms with Crippen molar-refractivity contribution in [2.24, 2.45) is 0 Å². The van der Waals surface area contributed by atoms with E-state index in [4.69, 9.17) is 4.43 Å². The Morgan fingerprint density at radius 1 is 0.944 bits per heavy atom. The van der Waals surface area contributed by atoms with Crippen LogP contribution in [0.25, 0.3) is 0 Å². The Morgan fingerprint density at radius 3 is 1.78 bits per heavy atom. The zero-order valence-corrected chi connectivity index (χ0v) is 11.2. The third-order valence-corrected chi connectivity index (χ3v) is 5.09. The van der Waals surface area contributed by atoms with E-state index in [0.29, 0.717) is 0 Å². The summed E-state index contributed by atoms with van der Waals surface area (Å²) in [5, 5.41) is 2.29. The van der Waals surface area contributed by atoms with Crippen LogP contribution in [0, 0.1) is 0 Å². The maximum absolute atomic E-state index is 12.8. The molecule has 2 aromatic rings. The van der Waals surface area contributed by atoms with Gasteiger partial charge in [-0.2, -0.15) is 0 Å². The molecule has 18 heavy (non-hydrogen) atoms. The zero-order chi connectivity index (χ0) is 12.8. The Morgan fingerprint density at radius 2 is 1.39 bits per heavy atom. The zero-order valence-electron chi connectivity index (χ0n) is 10.1. The molecule has 0 aliphatic heterocycles. The van der Waals surface area contributed by atoms with Gasteiger partial charge in [-0.3, -0.25) is 0 Å². The molecular weight excluding hydrogens is 243 g/mol. The Labute approximate surface area is 108 Å². The van der Waals surface area contributed by atoms with Gasteiger partial charge in [0.25, 0.3) is 0 Å². The highest BCUT2D eigenvalue weighted by Crippen LogP contribution is 1.98. The molecule has 0 aliphatic carbocycles. The maximum Gasteiger partial charge on any atom is 0.240 e. The lowest BCUT2D eigenvalue weighted by Crippen LogP contribution is -2.45. The second-order valence-corrected chi connectivity index (χ2v) is 6.46. The van der Waals surface area contributed by atoms with Crippen molar-refractivity contribution in [2.45, 2.75) is 0 Å². The first-order valence-corrected chi connectivity index (χ1v) is 7.45. The highest BCUT2D eigenvalue weighted by molar-refractivity contribution is 6.80. The fraction of sp³-hybridized carbons (Fsp3) is 0.0667. The topological polar surface area (TPSA) is 9.23 Å². The molecule has 0 aliphatic rings. The van der Waals surface area contributed by atoms with Crippen LogP contribution in [0.5, 0.6) is 0 Å². The lowest BCUT2D eigenvalue weighted by molar-refractivity contribution is 0.334. The normalized spacial score (nSPS) is 10.6. The summed E-state index contributed by atoms with van der Waals surface area (Å²) in [5.74, 6) is -0.431. The second-order valence-electron chi connectivity index (χ2n) is 4.03. The minimum atomic E-state index is -1.81. The van der Waals surface area contributed by atoms with Crippen molar-refractivity contribution in [3.63, 3.8) is 0 Å². The number of halogens is 1. The number of rotatable bonds is 5. The van der Waals surface area contributed by atoms with Crippen LogP contribution in [-0.2, 0) is 4.43 Å². The van der Waals surface area contributed by atoms with Gasteiger partial charge in [-0.05, 0) is 10.4 Å². The molecule has 0 saturated heterocycles. The number of hydrogen-bond donors (Lipinski definition) is 0. The summed E-state index contributed by atoms with van der Waals surface area (Å²) >= 11 is 0. The average molecular weight is 258 g/mol. The smallest absolute Gasteiger partial charge is 0.240 e. The predicted molar refractivity (Wildman–Crippen MR) is 75.5 cm³/mol. The van der Waals surface area contributed by atoms with Crippen molar-refractivity contribution >= 4 is 19.4 Å². The van der Waals surface area contributed by atoms with Crippen LogP contribution in [0.2, 0.25) is 0 Å². The molecule has 0 fully saturated rings. The quantitative estimate of drug-likeness (QED) is 0.746. The Kier molecular flexibility index (Phi) is 4.44. The first-order valence-electron chi connectivity index (χ1n) is 5.82. The van der Waals surface area contributed by atoms with Crippen molar-refractivity contribution in [3.05, 3.63) is 73.1 Å². The largest absolute Gasteiger partial charge is 0.404 e. The maximum atomic E-state index is 12.8. The van der Waals surface area contributed by atoms with E-state index in [9.17, 15) is 4.39 Å². The van der Waals surface area contributed by atoms with E-state index in [1.807, 2.05) is 60.7 Å². The van der Waals surface area contributed by atoms with Gasteiger partial charge in [0, 0.05) is 0 Å². The van der Waals surface area contributed by atoms with Gasteiger partial charge in [0.15, 0.2) is 0 Å². The fourth-order valence-corrected chi connectivity index (χ4v) is 4.08. The molecular formula is C15H15FOSi. The summed E-state index contributed by atoms with van der Waals surface area (Å²) < 4.78 is 18.5. The molecule has 0 saturated carbocycles. The highest BCUT2D eigenvalue weighted by atomic mass is 28.3. The van der Waals surface area contributed by atoms with E-state index in [0.717, 1.165) is 10.4 Å². The van der Waals surface area contributed by atoms with Crippen LogP contribution in [-0.4, -0.2) is 15.6 Å². The number of hydrogen-bond acceptors (Lipinski definition) is 1. The van der Waals surface area contributed by atoms with E-state index < -0.39 is 14.9 Å². The molecule has 0 radical (unpaired) electrons. The SMILES string of the molecule is C=C(F)CO[SiH](c1ccccc1)c1ccccc1. The van der Waals surface area contributed by atoms with Crippen molar-refractivity contribution < 1.29 is 8.82 Å². The number of benzene rings is 2. The molecule has 2 rings (SSSR count). The molecule has 0 N–H and O–H groups in total. The minimum absolute atomic E-state index is 0.0271. The third-order valence-electron chi connectivity index (χ3n) is 2.61. The van der Waals surface area contributed by atoms with Crippen molar-refractivity contribution in [1.29, 1.82) is 0 Å². The standard InChI is InChI=1S/C15H15FOSi/c1-13(16)12-17-18(14-8-4-2-5-9-14)15-10-6-3-7-11-15/h2-11,18H,1,12H2. The monoisotopic (exact) mass is 258 g/mol. The Balaban J connectivity index is 2.26. The highest BCUT2D eigenvalue weighted by Gasteiger charge is 2.17. The van der Waals surface area contributed by atoms with Gasteiger partial charge in [-0.25, -0.2) is 4.39 Å². The van der Waals surface area contributed by atoms with E-state index in [-0.39, 0.29) is 6.61 Å². The molecule has 0 amide bonds. The molecule has 0 unspecified atom stereocenters. The van der Waals surface area contributed by atoms with Crippen LogP contribution in [0.1, 0.15) is 0 Å². The summed E-state index contributed by atoms with van der Waals surface area (Å²) in [5.41, 5.74) is 0. The summed E-state index contributed by atoms with van der Waals surface area (Å²) in [7, 11) is -1.81. The summed E-state index contributed by atoms with van der Waals surface area (Å²) in [6, 6.07) is 20.0. The Bertz CT molecular complexity index is 459. The van der Waals surface area contributed by atoms with Gasteiger partial charge in [-0.1, -0.05) is 67.2 Å². The van der Waals surface area contributed by atoms with Crippen molar-refractivity contribution in [1.82, 2.24) is 0 Å². The first kappa shape index (κ1) is 12.7. The van der Waals surface area contributed by atoms with Crippen LogP contribution in [0.3, 0.4) is 0 Å². The summed E-state index contributed by atoms with van der Waals surface area (Å²) in [6.07, 6.45) is 0. The average Bonchev–Trinajstić information content (AvgIpc) is 2.41. The lowest BCUT2D eigenvalue weighted by atomic mass is 10.4. The van der Waals surface area contributed by atoms with Gasteiger partial charge in [0.05, 0.1) is 6.61 Å². The van der Waals surface area contributed by atoms with Gasteiger partial charge in [0.1, 0.15) is 5.83 Å². The van der Waals surface area contributed by atoms with Crippen molar-refractivity contribution in [3.8, 4) is 0 Å². The van der Waals surface area contributed by atoms with Crippen LogP contribution in [0.15, 0.2) is 73.1 Å². The summed E-state index contributed by atoms with van der Waals surface area (Å²) in [4.78, 5) is 0. The first-order chi connectivity index (χ1) is 8.77. The third kappa shape index (κ3) is 3.39.